The summed E-state index contributed by atoms with van der Waals surface area (Å²) in [5.74, 6) is 0. The highest BCUT2D eigenvalue weighted by atomic mass is 32.2. The molecule has 19 heavy (non-hydrogen) atoms. The number of ether oxygens (including phenoxy) is 1. The van der Waals surface area contributed by atoms with Crippen LogP contribution in [0.3, 0.4) is 0 Å². The van der Waals surface area contributed by atoms with Crippen molar-refractivity contribution in [1.82, 2.24) is 4.31 Å². The van der Waals surface area contributed by atoms with Gasteiger partial charge in [0.2, 0.25) is 10.0 Å². The van der Waals surface area contributed by atoms with Gasteiger partial charge in [0.1, 0.15) is 0 Å². The van der Waals surface area contributed by atoms with Gasteiger partial charge >= 0.3 is 0 Å². The number of sulfonamides is 1. The standard InChI is InChI=1S/C13H20N2O3S/c1-15(2)19(16,17)13-6-4-5-10(9-13)14-11-7-12(8-11)18-3/h4-6,9,11-12,14H,7-8H2,1-3H3. The van der Waals surface area contributed by atoms with E-state index in [1.54, 1.807) is 25.3 Å². The fourth-order valence-electron chi connectivity index (χ4n) is 2.07. The number of nitrogens with one attached hydrogen (secondary N) is 1. The van der Waals surface area contributed by atoms with Crippen LogP contribution in [0.2, 0.25) is 0 Å². The van der Waals surface area contributed by atoms with Gasteiger partial charge in [-0.1, -0.05) is 6.07 Å². The van der Waals surface area contributed by atoms with Crippen molar-refractivity contribution in [1.29, 1.82) is 0 Å². The minimum absolute atomic E-state index is 0.310. The first kappa shape index (κ1) is 14.3. The number of anilines is 1. The second kappa shape index (κ2) is 5.48. The summed E-state index contributed by atoms with van der Waals surface area (Å²) in [6, 6.07) is 7.29. The molecule has 1 aliphatic carbocycles. The summed E-state index contributed by atoms with van der Waals surface area (Å²) in [5.41, 5.74) is 0.836. The molecule has 1 saturated carbocycles. The molecular formula is C13H20N2O3S. The van der Waals surface area contributed by atoms with E-state index in [-0.39, 0.29) is 0 Å². The Bertz CT molecular complexity index is 537. The lowest BCUT2D eigenvalue weighted by molar-refractivity contribution is 0.0328. The van der Waals surface area contributed by atoms with Crippen molar-refractivity contribution in [2.75, 3.05) is 26.5 Å². The second-order valence-electron chi connectivity index (χ2n) is 4.99. The summed E-state index contributed by atoms with van der Waals surface area (Å²) in [6.45, 7) is 0. The van der Waals surface area contributed by atoms with E-state index in [2.05, 4.69) is 5.32 Å². The van der Waals surface area contributed by atoms with Crippen molar-refractivity contribution in [3.8, 4) is 0 Å². The Balaban J connectivity index is 2.08. The predicted molar refractivity (Wildman–Crippen MR) is 74.8 cm³/mol. The number of nitrogens with zero attached hydrogens (tertiary/aromatic N) is 1. The maximum atomic E-state index is 12.0. The van der Waals surface area contributed by atoms with Crippen LogP contribution in [-0.4, -0.2) is 46.1 Å². The molecule has 5 nitrogen and oxygen atoms in total. The van der Waals surface area contributed by atoms with Crippen LogP contribution < -0.4 is 5.32 Å². The molecule has 0 unspecified atom stereocenters. The summed E-state index contributed by atoms with van der Waals surface area (Å²) in [5, 5.41) is 3.33. The van der Waals surface area contributed by atoms with E-state index in [4.69, 9.17) is 4.74 Å². The number of hydrogen-bond acceptors (Lipinski definition) is 4. The molecule has 1 aromatic rings. The first-order chi connectivity index (χ1) is 8.93. The van der Waals surface area contributed by atoms with Crippen LogP contribution in [0.15, 0.2) is 29.2 Å². The van der Waals surface area contributed by atoms with Crippen LogP contribution in [0.5, 0.6) is 0 Å². The van der Waals surface area contributed by atoms with Crippen LogP contribution in [0, 0.1) is 0 Å². The topological polar surface area (TPSA) is 58.6 Å². The molecule has 0 aromatic heterocycles. The molecule has 1 fully saturated rings. The molecular weight excluding hydrogens is 264 g/mol. The van der Waals surface area contributed by atoms with Crippen molar-refractivity contribution < 1.29 is 13.2 Å². The third kappa shape index (κ3) is 3.08. The molecule has 0 atom stereocenters. The highest BCUT2D eigenvalue weighted by Gasteiger charge is 2.29. The van der Waals surface area contributed by atoms with E-state index in [0.29, 0.717) is 17.0 Å². The number of hydrogen-bond donors (Lipinski definition) is 1. The SMILES string of the molecule is COC1CC(Nc2cccc(S(=O)(=O)N(C)C)c2)C1. The highest BCUT2D eigenvalue weighted by Crippen LogP contribution is 2.27. The van der Waals surface area contributed by atoms with Gasteiger partial charge in [-0.25, -0.2) is 12.7 Å². The van der Waals surface area contributed by atoms with Crippen LogP contribution in [0.25, 0.3) is 0 Å². The Morgan fingerprint density at radius 1 is 1.32 bits per heavy atom. The average molecular weight is 284 g/mol. The highest BCUT2D eigenvalue weighted by molar-refractivity contribution is 7.89. The minimum Gasteiger partial charge on any atom is -0.382 e. The summed E-state index contributed by atoms with van der Waals surface area (Å²) >= 11 is 0. The summed E-state index contributed by atoms with van der Waals surface area (Å²) in [4.78, 5) is 0.310. The van der Waals surface area contributed by atoms with E-state index in [9.17, 15) is 8.42 Å². The van der Waals surface area contributed by atoms with Gasteiger partial charge in [0.25, 0.3) is 0 Å². The van der Waals surface area contributed by atoms with E-state index in [1.165, 1.54) is 18.4 Å². The monoisotopic (exact) mass is 284 g/mol. The normalized spacial score (nSPS) is 23.2. The zero-order chi connectivity index (χ0) is 14.0. The van der Waals surface area contributed by atoms with Gasteiger partial charge in [-0.05, 0) is 31.0 Å². The summed E-state index contributed by atoms with van der Waals surface area (Å²) < 4.78 is 30.5. The molecule has 1 N–H and O–H groups in total. The molecule has 0 radical (unpaired) electrons. The first-order valence-electron chi connectivity index (χ1n) is 6.25. The zero-order valence-electron chi connectivity index (χ0n) is 11.5. The molecule has 106 valence electrons. The summed E-state index contributed by atoms with van der Waals surface area (Å²) in [6.07, 6.45) is 2.24. The quantitative estimate of drug-likeness (QED) is 0.891. The number of methoxy groups -OCH3 is 1. The third-order valence-electron chi connectivity index (χ3n) is 3.41. The van der Waals surface area contributed by atoms with Crippen molar-refractivity contribution in [3.05, 3.63) is 24.3 Å². The van der Waals surface area contributed by atoms with Crippen molar-refractivity contribution >= 4 is 15.7 Å². The lowest BCUT2D eigenvalue weighted by atomic mass is 9.89. The van der Waals surface area contributed by atoms with Crippen molar-refractivity contribution in [3.63, 3.8) is 0 Å². The Morgan fingerprint density at radius 2 is 2.00 bits per heavy atom. The first-order valence-corrected chi connectivity index (χ1v) is 7.69. The molecule has 0 aliphatic heterocycles. The maximum Gasteiger partial charge on any atom is 0.242 e. The Labute approximate surface area is 114 Å². The number of rotatable bonds is 5. The Hall–Kier alpha value is -1.11. The molecule has 0 saturated heterocycles. The minimum atomic E-state index is -3.37. The molecule has 0 amide bonds. The number of benzene rings is 1. The predicted octanol–water partition coefficient (Wildman–Crippen LogP) is 1.53. The molecule has 6 heteroatoms. The molecule has 1 aromatic carbocycles. The van der Waals surface area contributed by atoms with Gasteiger partial charge < -0.3 is 10.1 Å². The summed E-state index contributed by atoms with van der Waals surface area (Å²) in [7, 11) is 1.41. The van der Waals surface area contributed by atoms with Gasteiger partial charge in [0.15, 0.2) is 0 Å². The zero-order valence-corrected chi connectivity index (χ0v) is 12.3. The van der Waals surface area contributed by atoms with Crippen LogP contribution in [0.4, 0.5) is 5.69 Å². The fraction of sp³-hybridized carbons (Fsp3) is 0.538. The van der Waals surface area contributed by atoms with Gasteiger partial charge in [-0.2, -0.15) is 0 Å². The molecule has 0 heterocycles. The van der Waals surface area contributed by atoms with Crippen LogP contribution >= 0.6 is 0 Å². The molecule has 1 aliphatic rings. The van der Waals surface area contributed by atoms with Crippen LogP contribution in [-0.2, 0) is 14.8 Å². The van der Waals surface area contributed by atoms with Gasteiger partial charge in [0, 0.05) is 32.9 Å². The molecule has 2 rings (SSSR count). The van der Waals surface area contributed by atoms with Gasteiger partial charge in [0.05, 0.1) is 11.0 Å². The Morgan fingerprint density at radius 3 is 2.58 bits per heavy atom. The third-order valence-corrected chi connectivity index (χ3v) is 5.22. The van der Waals surface area contributed by atoms with Crippen LogP contribution in [0.1, 0.15) is 12.8 Å². The fourth-order valence-corrected chi connectivity index (χ4v) is 3.02. The van der Waals surface area contributed by atoms with E-state index >= 15 is 0 Å². The lowest BCUT2D eigenvalue weighted by Crippen LogP contribution is -2.40. The maximum absolute atomic E-state index is 12.0. The second-order valence-corrected chi connectivity index (χ2v) is 7.14. The largest absolute Gasteiger partial charge is 0.382 e. The molecule has 0 bridgehead atoms. The average Bonchev–Trinajstić information content (AvgIpc) is 2.33. The van der Waals surface area contributed by atoms with E-state index in [1.807, 2.05) is 6.07 Å². The molecule has 0 spiro atoms. The van der Waals surface area contributed by atoms with E-state index < -0.39 is 10.0 Å². The van der Waals surface area contributed by atoms with Crippen molar-refractivity contribution in [2.45, 2.75) is 29.9 Å². The lowest BCUT2D eigenvalue weighted by Gasteiger charge is -2.35. The smallest absolute Gasteiger partial charge is 0.242 e. The van der Waals surface area contributed by atoms with Crippen molar-refractivity contribution in [2.24, 2.45) is 0 Å². The van der Waals surface area contributed by atoms with Gasteiger partial charge in [-0.3, -0.25) is 0 Å². The Kier molecular flexibility index (Phi) is 4.13. The van der Waals surface area contributed by atoms with E-state index in [0.717, 1.165) is 18.5 Å². The van der Waals surface area contributed by atoms with Gasteiger partial charge in [-0.15, -0.1) is 0 Å².